The molecule has 0 saturated carbocycles. The topological polar surface area (TPSA) is 69.4 Å². The highest BCUT2D eigenvalue weighted by atomic mass is 79.9. The number of aromatic nitrogens is 1. The number of nitrogens with zero attached hydrogens (tertiary/aromatic N) is 1. The van der Waals surface area contributed by atoms with Crippen LogP contribution >= 0.6 is 15.9 Å². The third kappa shape index (κ3) is 2.44. The van der Waals surface area contributed by atoms with Crippen LogP contribution in [0.1, 0.15) is 5.56 Å². The SMILES string of the molecule is Nc1cncc(Br)c1NCc1ccc2c(c1)OCO2. The fraction of sp³-hybridized carbons (Fsp3) is 0.154. The normalized spacial score (nSPS) is 12.5. The first-order valence-corrected chi connectivity index (χ1v) is 6.55. The summed E-state index contributed by atoms with van der Waals surface area (Å²) in [7, 11) is 0. The lowest BCUT2D eigenvalue weighted by atomic mass is 10.2. The number of fused-ring (bicyclic) bond motifs is 1. The quantitative estimate of drug-likeness (QED) is 0.909. The van der Waals surface area contributed by atoms with Crippen molar-refractivity contribution in [1.29, 1.82) is 0 Å². The highest BCUT2D eigenvalue weighted by Gasteiger charge is 2.13. The van der Waals surface area contributed by atoms with Gasteiger partial charge >= 0.3 is 0 Å². The smallest absolute Gasteiger partial charge is 0.231 e. The first-order valence-electron chi connectivity index (χ1n) is 5.75. The number of hydrogen-bond donors (Lipinski definition) is 2. The van der Waals surface area contributed by atoms with Crippen molar-refractivity contribution in [3.63, 3.8) is 0 Å². The molecule has 0 fully saturated rings. The van der Waals surface area contributed by atoms with Gasteiger partial charge in [-0.2, -0.15) is 0 Å². The Bertz CT molecular complexity index is 599. The zero-order chi connectivity index (χ0) is 13.2. The number of nitrogen functional groups attached to an aromatic ring is 1. The second-order valence-corrected chi connectivity index (χ2v) is 4.98. The summed E-state index contributed by atoms with van der Waals surface area (Å²) in [5.74, 6) is 1.56. The van der Waals surface area contributed by atoms with Gasteiger partial charge in [-0.15, -0.1) is 0 Å². The number of rotatable bonds is 3. The van der Waals surface area contributed by atoms with Gasteiger partial charge in [0.1, 0.15) is 0 Å². The number of pyridine rings is 1. The highest BCUT2D eigenvalue weighted by molar-refractivity contribution is 9.10. The van der Waals surface area contributed by atoms with Crippen molar-refractivity contribution in [3.8, 4) is 11.5 Å². The maximum absolute atomic E-state index is 5.88. The van der Waals surface area contributed by atoms with Gasteiger partial charge < -0.3 is 20.5 Å². The molecule has 0 atom stereocenters. The average Bonchev–Trinajstić information content (AvgIpc) is 2.85. The van der Waals surface area contributed by atoms with Crippen LogP contribution < -0.4 is 20.5 Å². The van der Waals surface area contributed by atoms with E-state index >= 15 is 0 Å². The Morgan fingerprint density at radius 2 is 2.11 bits per heavy atom. The lowest BCUT2D eigenvalue weighted by molar-refractivity contribution is 0.174. The fourth-order valence-corrected chi connectivity index (χ4v) is 2.37. The molecule has 1 aromatic carbocycles. The lowest BCUT2D eigenvalue weighted by Crippen LogP contribution is -2.03. The Hall–Kier alpha value is -1.95. The monoisotopic (exact) mass is 321 g/mol. The summed E-state index contributed by atoms with van der Waals surface area (Å²) in [5.41, 5.74) is 8.41. The van der Waals surface area contributed by atoms with E-state index in [2.05, 4.69) is 26.2 Å². The van der Waals surface area contributed by atoms with Crippen molar-refractivity contribution < 1.29 is 9.47 Å². The molecule has 98 valence electrons. The van der Waals surface area contributed by atoms with Gasteiger partial charge in [0.15, 0.2) is 11.5 Å². The molecule has 1 aliphatic rings. The standard InChI is InChI=1S/C13H12BrN3O2/c14-9-5-16-6-10(15)13(9)17-4-8-1-2-11-12(3-8)19-7-18-11/h1-3,5-6H,4,7,15H2,(H,16,17). The molecule has 0 saturated heterocycles. The molecule has 2 heterocycles. The zero-order valence-electron chi connectivity index (χ0n) is 10.0. The molecule has 19 heavy (non-hydrogen) atoms. The molecule has 0 bridgehead atoms. The van der Waals surface area contributed by atoms with Gasteiger partial charge in [0.05, 0.1) is 22.0 Å². The number of ether oxygens (including phenoxy) is 2. The summed E-state index contributed by atoms with van der Waals surface area (Å²) in [6, 6.07) is 5.86. The number of halogens is 1. The van der Waals surface area contributed by atoms with Crippen molar-refractivity contribution in [3.05, 3.63) is 40.6 Å². The molecule has 6 heteroatoms. The van der Waals surface area contributed by atoms with Gasteiger partial charge in [-0.05, 0) is 33.6 Å². The second kappa shape index (κ2) is 4.97. The van der Waals surface area contributed by atoms with Crippen LogP contribution in [0.2, 0.25) is 0 Å². The number of anilines is 2. The molecule has 1 aliphatic heterocycles. The molecule has 0 spiro atoms. The van der Waals surface area contributed by atoms with Crippen molar-refractivity contribution in [1.82, 2.24) is 4.98 Å². The molecule has 0 aliphatic carbocycles. The predicted molar refractivity (Wildman–Crippen MR) is 76.2 cm³/mol. The summed E-state index contributed by atoms with van der Waals surface area (Å²) in [6.07, 6.45) is 3.32. The van der Waals surface area contributed by atoms with Crippen LogP contribution in [-0.4, -0.2) is 11.8 Å². The van der Waals surface area contributed by atoms with Gasteiger partial charge in [0.2, 0.25) is 6.79 Å². The summed E-state index contributed by atoms with van der Waals surface area (Å²) >= 11 is 3.42. The van der Waals surface area contributed by atoms with Gasteiger partial charge in [0.25, 0.3) is 0 Å². The molecule has 3 N–H and O–H groups in total. The van der Waals surface area contributed by atoms with Crippen molar-refractivity contribution >= 4 is 27.3 Å². The highest BCUT2D eigenvalue weighted by Crippen LogP contribution is 2.33. The van der Waals surface area contributed by atoms with E-state index in [-0.39, 0.29) is 6.79 Å². The maximum Gasteiger partial charge on any atom is 0.231 e. The summed E-state index contributed by atoms with van der Waals surface area (Å²) in [4.78, 5) is 4.00. The summed E-state index contributed by atoms with van der Waals surface area (Å²) < 4.78 is 11.5. The van der Waals surface area contributed by atoms with E-state index in [4.69, 9.17) is 15.2 Å². The van der Waals surface area contributed by atoms with Crippen LogP contribution in [0.25, 0.3) is 0 Å². The fourth-order valence-electron chi connectivity index (χ4n) is 1.88. The molecule has 5 nitrogen and oxygen atoms in total. The van der Waals surface area contributed by atoms with Crippen molar-refractivity contribution in [2.45, 2.75) is 6.54 Å². The van der Waals surface area contributed by atoms with Gasteiger partial charge in [0, 0.05) is 12.7 Å². The predicted octanol–water partition coefficient (Wildman–Crippen LogP) is 2.77. The Labute approximate surface area is 118 Å². The summed E-state index contributed by atoms with van der Waals surface area (Å²) in [6.45, 7) is 0.929. The van der Waals surface area contributed by atoms with E-state index in [9.17, 15) is 0 Å². The Balaban J connectivity index is 1.76. The molecular formula is C13H12BrN3O2. The number of nitrogens with one attached hydrogen (secondary N) is 1. The third-order valence-corrected chi connectivity index (χ3v) is 3.44. The van der Waals surface area contributed by atoms with Gasteiger partial charge in [-0.25, -0.2) is 0 Å². The molecule has 0 unspecified atom stereocenters. The van der Waals surface area contributed by atoms with Crippen LogP contribution in [0.5, 0.6) is 11.5 Å². The van der Waals surface area contributed by atoms with Crippen LogP contribution in [0.4, 0.5) is 11.4 Å². The molecule has 1 aromatic heterocycles. The Morgan fingerprint density at radius 3 is 2.95 bits per heavy atom. The largest absolute Gasteiger partial charge is 0.454 e. The average molecular weight is 322 g/mol. The molecular weight excluding hydrogens is 310 g/mol. The van der Waals surface area contributed by atoms with Crippen molar-refractivity contribution in [2.24, 2.45) is 0 Å². The van der Waals surface area contributed by atoms with Crippen LogP contribution in [-0.2, 0) is 6.54 Å². The summed E-state index contributed by atoms with van der Waals surface area (Å²) in [5, 5.41) is 3.28. The molecule has 3 rings (SSSR count). The first-order chi connectivity index (χ1) is 9.24. The van der Waals surface area contributed by atoms with Crippen molar-refractivity contribution in [2.75, 3.05) is 17.8 Å². The number of nitrogens with two attached hydrogens (primary N) is 1. The van der Waals surface area contributed by atoms with Crippen LogP contribution in [0, 0.1) is 0 Å². The van der Waals surface area contributed by atoms with E-state index in [1.165, 1.54) is 0 Å². The van der Waals surface area contributed by atoms with Crippen LogP contribution in [0.15, 0.2) is 35.1 Å². The van der Waals surface area contributed by atoms with E-state index in [0.29, 0.717) is 12.2 Å². The molecule has 0 amide bonds. The number of hydrogen-bond acceptors (Lipinski definition) is 5. The minimum atomic E-state index is 0.287. The maximum atomic E-state index is 5.88. The molecule has 2 aromatic rings. The van der Waals surface area contributed by atoms with E-state index < -0.39 is 0 Å². The Kier molecular flexibility index (Phi) is 3.16. The van der Waals surface area contributed by atoms with Gasteiger partial charge in [-0.3, -0.25) is 4.98 Å². The van der Waals surface area contributed by atoms with Gasteiger partial charge in [-0.1, -0.05) is 6.07 Å². The van der Waals surface area contributed by atoms with E-state index in [1.807, 2.05) is 18.2 Å². The molecule has 0 radical (unpaired) electrons. The number of benzene rings is 1. The minimum absolute atomic E-state index is 0.287. The van der Waals surface area contributed by atoms with Crippen LogP contribution in [0.3, 0.4) is 0 Å². The second-order valence-electron chi connectivity index (χ2n) is 4.13. The lowest BCUT2D eigenvalue weighted by Gasteiger charge is -2.11. The third-order valence-electron chi connectivity index (χ3n) is 2.84. The minimum Gasteiger partial charge on any atom is -0.454 e. The van der Waals surface area contributed by atoms with E-state index in [1.54, 1.807) is 12.4 Å². The van der Waals surface area contributed by atoms with E-state index in [0.717, 1.165) is 27.2 Å². The first kappa shape index (κ1) is 12.1. The zero-order valence-corrected chi connectivity index (χ0v) is 11.6. The Morgan fingerprint density at radius 1 is 1.26 bits per heavy atom.